The number of methoxy groups -OCH3 is 3. The van der Waals surface area contributed by atoms with Gasteiger partial charge in [-0.05, 0) is 24.0 Å². The van der Waals surface area contributed by atoms with E-state index in [1.807, 2.05) is 18.2 Å². The fraction of sp³-hybridized carbons (Fsp3) is 0.333. The Bertz CT molecular complexity index is 956. The summed E-state index contributed by atoms with van der Waals surface area (Å²) in [5.41, 5.74) is 2.71. The van der Waals surface area contributed by atoms with Crippen LogP contribution in [-0.2, 0) is 0 Å². The molecule has 0 fully saturated rings. The Morgan fingerprint density at radius 1 is 1.07 bits per heavy atom. The molecule has 1 aliphatic heterocycles. The molecule has 2 aromatic rings. The first-order valence-corrected chi connectivity index (χ1v) is 9.09. The zero-order chi connectivity index (χ0) is 19.8. The van der Waals surface area contributed by atoms with Crippen LogP contribution in [0.5, 0.6) is 17.2 Å². The highest BCUT2D eigenvalue weighted by Crippen LogP contribution is 2.55. The van der Waals surface area contributed by atoms with Gasteiger partial charge in [-0.1, -0.05) is 24.3 Å². The highest BCUT2D eigenvalue weighted by Gasteiger charge is 2.41. The number of nitrogens with zero attached hydrogens (tertiary/aromatic N) is 1. The molecular weight excluding hydrogens is 360 g/mol. The molecule has 0 saturated carbocycles. The van der Waals surface area contributed by atoms with Gasteiger partial charge < -0.3 is 19.5 Å². The summed E-state index contributed by atoms with van der Waals surface area (Å²) in [6, 6.07) is 8.90. The van der Waals surface area contributed by atoms with E-state index in [2.05, 4.69) is 17.5 Å². The van der Waals surface area contributed by atoms with Gasteiger partial charge in [-0.2, -0.15) is 0 Å². The lowest BCUT2D eigenvalue weighted by Gasteiger charge is -2.38. The van der Waals surface area contributed by atoms with Gasteiger partial charge in [0.2, 0.25) is 0 Å². The highest BCUT2D eigenvalue weighted by molar-refractivity contribution is 5.71. The molecule has 1 heterocycles. The second-order valence-corrected chi connectivity index (χ2v) is 6.93. The first-order valence-electron chi connectivity index (χ1n) is 9.09. The van der Waals surface area contributed by atoms with Gasteiger partial charge in [-0.15, -0.1) is 0 Å². The molecule has 0 bridgehead atoms. The molecule has 2 aliphatic rings. The van der Waals surface area contributed by atoms with Crippen molar-refractivity contribution in [3.8, 4) is 17.2 Å². The van der Waals surface area contributed by atoms with Crippen LogP contribution in [0, 0.1) is 16.0 Å². The zero-order valence-electron chi connectivity index (χ0n) is 16.0. The van der Waals surface area contributed by atoms with E-state index in [0.717, 1.165) is 23.2 Å². The molecule has 0 amide bonds. The average Bonchev–Trinajstić information content (AvgIpc) is 3.21. The van der Waals surface area contributed by atoms with Crippen LogP contribution in [0.1, 0.15) is 29.5 Å². The molecule has 28 heavy (non-hydrogen) atoms. The number of para-hydroxylation sites is 1. The number of allylic oxidation sites excluding steroid dienone is 2. The Labute approximate surface area is 163 Å². The first-order chi connectivity index (χ1) is 13.6. The SMILES string of the molecule is COc1cc([N+](=O)[O-])cc2c1N[C@H](c1cccc(OC)c1OC)[C@H]1CC=C[C@H]21. The van der Waals surface area contributed by atoms with Crippen molar-refractivity contribution < 1.29 is 19.1 Å². The van der Waals surface area contributed by atoms with E-state index < -0.39 is 0 Å². The topological polar surface area (TPSA) is 82.9 Å². The van der Waals surface area contributed by atoms with Crippen LogP contribution in [0.4, 0.5) is 11.4 Å². The van der Waals surface area contributed by atoms with Gasteiger partial charge in [0.25, 0.3) is 5.69 Å². The summed E-state index contributed by atoms with van der Waals surface area (Å²) in [4.78, 5) is 11.0. The summed E-state index contributed by atoms with van der Waals surface area (Å²) in [6.45, 7) is 0. The maximum Gasteiger partial charge on any atom is 0.273 e. The number of fused-ring (bicyclic) bond motifs is 3. The Morgan fingerprint density at radius 2 is 1.86 bits per heavy atom. The van der Waals surface area contributed by atoms with Crippen LogP contribution in [-0.4, -0.2) is 26.3 Å². The number of anilines is 1. The van der Waals surface area contributed by atoms with Gasteiger partial charge in [-0.3, -0.25) is 10.1 Å². The monoisotopic (exact) mass is 382 g/mol. The third-order valence-electron chi connectivity index (χ3n) is 5.62. The molecule has 0 aromatic heterocycles. The molecule has 7 heteroatoms. The van der Waals surface area contributed by atoms with Crippen molar-refractivity contribution in [2.24, 2.45) is 5.92 Å². The molecule has 4 rings (SSSR count). The highest BCUT2D eigenvalue weighted by atomic mass is 16.6. The molecule has 0 radical (unpaired) electrons. The summed E-state index contributed by atoms with van der Waals surface area (Å²) in [5, 5.41) is 14.9. The summed E-state index contributed by atoms with van der Waals surface area (Å²) < 4.78 is 16.6. The number of benzene rings is 2. The molecule has 1 N–H and O–H groups in total. The summed E-state index contributed by atoms with van der Waals surface area (Å²) in [7, 11) is 4.78. The van der Waals surface area contributed by atoms with Crippen LogP contribution in [0.25, 0.3) is 0 Å². The number of hydrogen-bond acceptors (Lipinski definition) is 6. The maximum atomic E-state index is 11.4. The van der Waals surface area contributed by atoms with Crippen molar-refractivity contribution >= 4 is 11.4 Å². The number of nitro groups is 1. The van der Waals surface area contributed by atoms with Gasteiger partial charge in [0.15, 0.2) is 11.5 Å². The van der Waals surface area contributed by atoms with E-state index in [0.29, 0.717) is 17.2 Å². The van der Waals surface area contributed by atoms with Crippen LogP contribution in [0.2, 0.25) is 0 Å². The smallest absolute Gasteiger partial charge is 0.273 e. The van der Waals surface area contributed by atoms with E-state index in [9.17, 15) is 10.1 Å². The number of nitrogens with one attached hydrogen (secondary N) is 1. The lowest BCUT2D eigenvalue weighted by atomic mass is 9.76. The van der Waals surface area contributed by atoms with E-state index >= 15 is 0 Å². The molecule has 3 atom stereocenters. The number of rotatable bonds is 5. The molecule has 0 spiro atoms. The lowest BCUT2D eigenvalue weighted by molar-refractivity contribution is -0.385. The van der Waals surface area contributed by atoms with Crippen LogP contribution < -0.4 is 19.5 Å². The number of non-ortho nitro benzene ring substituents is 1. The van der Waals surface area contributed by atoms with Gasteiger partial charge in [0, 0.05) is 17.5 Å². The minimum absolute atomic E-state index is 0.0360. The Balaban J connectivity index is 1.87. The van der Waals surface area contributed by atoms with Gasteiger partial charge in [0.05, 0.1) is 44.0 Å². The van der Waals surface area contributed by atoms with Crippen LogP contribution >= 0.6 is 0 Å². The fourth-order valence-electron chi connectivity index (χ4n) is 4.38. The summed E-state index contributed by atoms with van der Waals surface area (Å²) >= 11 is 0. The van der Waals surface area contributed by atoms with Crippen molar-refractivity contribution in [1.82, 2.24) is 0 Å². The normalized spacial score (nSPS) is 22.0. The number of nitro benzene ring substituents is 1. The molecule has 0 unspecified atom stereocenters. The average molecular weight is 382 g/mol. The van der Waals surface area contributed by atoms with E-state index in [1.165, 1.54) is 13.2 Å². The first kappa shape index (κ1) is 18.2. The molecule has 7 nitrogen and oxygen atoms in total. The van der Waals surface area contributed by atoms with Crippen molar-refractivity contribution in [1.29, 1.82) is 0 Å². The fourth-order valence-corrected chi connectivity index (χ4v) is 4.38. The predicted octanol–water partition coefficient (Wildman–Crippen LogP) is 4.45. The minimum Gasteiger partial charge on any atom is -0.494 e. The lowest BCUT2D eigenvalue weighted by Crippen LogP contribution is -2.29. The predicted molar refractivity (Wildman–Crippen MR) is 106 cm³/mol. The number of ether oxygens (including phenoxy) is 3. The summed E-state index contributed by atoms with van der Waals surface area (Å²) in [6.07, 6.45) is 5.14. The van der Waals surface area contributed by atoms with Crippen LogP contribution in [0.3, 0.4) is 0 Å². The second-order valence-electron chi connectivity index (χ2n) is 6.93. The largest absolute Gasteiger partial charge is 0.494 e. The van der Waals surface area contributed by atoms with E-state index in [4.69, 9.17) is 14.2 Å². The van der Waals surface area contributed by atoms with Gasteiger partial charge in [0.1, 0.15) is 5.75 Å². The van der Waals surface area contributed by atoms with Crippen molar-refractivity contribution in [3.63, 3.8) is 0 Å². The van der Waals surface area contributed by atoms with Gasteiger partial charge >= 0.3 is 0 Å². The number of hydrogen-bond donors (Lipinski definition) is 1. The van der Waals surface area contributed by atoms with Gasteiger partial charge in [-0.25, -0.2) is 0 Å². The molecule has 0 saturated heterocycles. The van der Waals surface area contributed by atoms with E-state index in [1.54, 1.807) is 20.3 Å². The summed E-state index contributed by atoms with van der Waals surface area (Å²) in [5.74, 6) is 2.10. The minimum atomic E-state index is -0.381. The van der Waals surface area contributed by atoms with E-state index in [-0.39, 0.29) is 28.5 Å². The molecule has 1 aliphatic carbocycles. The maximum absolute atomic E-state index is 11.4. The Kier molecular flexibility index (Phi) is 4.58. The Morgan fingerprint density at radius 3 is 2.54 bits per heavy atom. The third kappa shape index (κ3) is 2.74. The molecule has 2 aromatic carbocycles. The molecular formula is C21H22N2O5. The Hall–Kier alpha value is -3.22. The third-order valence-corrected chi connectivity index (χ3v) is 5.62. The molecule has 146 valence electrons. The van der Waals surface area contributed by atoms with Crippen molar-refractivity contribution in [2.75, 3.05) is 26.6 Å². The zero-order valence-corrected chi connectivity index (χ0v) is 16.0. The van der Waals surface area contributed by atoms with Crippen molar-refractivity contribution in [3.05, 3.63) is 63.7 Å². The van der Waals surface area contributed by atoms with Crippen LogP contribution in [0.15, 0.2) is 42.5 Å². The van der Waals surface area contributed by atoms with Crippen molar-refractivity contribution in [2.45, 2.75) is 18.4 Å². The standard InChI is InChI=1S/C21H22N2O5/c1-26-17-9-5-8-15(21(17)28-3)19-14-7-4-6-13(14)16-10-12(23(24)25)11-18(27-2)20(16)22-19/h4-6,8-11,13-14,19,22H,7H2,1-3H3/t13-,14-,19-/m0/s1. The second kappa shape index (κ2) is 7.07. The quantitative estimate of drug-likeness (QED) is 0.467.